The van der Waals surface area contributed by atoms with Gasteiger partial charge >= 0.3 is 0 Å². The van der Waals surface area contributed by atoms with Gasteiger partial charge in [-0.3, -0.25) is 0 Å². The molecule has 18 heavy (non-hydrogen) atoms. The smallest absolute Gasteiger partial charge is 0.175 e. The van der Waals surface area contributed by atoms with E-state index >= 15 is 0 Å². The Labute approximate surface area is 118 Å². The maximum atomic E-state index is 6.13. The molecule has 0 spiro atoms. The molecule has 1 saturated heterocycles. The van der Waals surface area contributed by atoms with Gasteiger partial charge in [0.2, 0.25) is 0 Å². The van der Waals surface area contributed by atoms with Crippen LogP contribution in [-0.2, 0) is 0 Å². The Hall–Kier alpha value is -0.580. The van der Waals surface area contributed by atoms with Gasteiger partial charge in [0.05, 0.1) is 5.69 Å². The maximum Gasteiger partial charge on any atom is 0.175 e. The Bertz CT molecular complexity index is 405. The van der Waals surface area contributed by atoms with Gasteiger partial charge in [-0.2, -0.15) is 0 Å². The van der Waals surface area contributed by atoms with Crippen LogP contribution >= 0.6 is 23.2 Å². The van der Waals surface area contributed by atoms with E-state index in [1.54, 1.807) is 6.07 Å². The van der Waals surface area contributed by atoms with E-state index in [1.807, 2.05) is 0 Å². The summed E-state index contributed by atoms with van der Waals surface area (Å²) in [6, 6.07) is 2.63. The summed E-state index contributed by atoms with van der Waals surface area (Å²) in [5.41, 5.74) is 0.861. The molecule has 100 valence electrons. The van der Waals surface area contributed by atoms with Crippen LogP contribution in [-0.4, -0.2) is 35.4 Å². The second kappa shape index (κ2) is 6.04. The fourth-order valence-corrected chi connectivity index (χ4v) is 2.62. The van der Waals surface area contributed by atoms with Crippen LogP contribution in [0.5, 0.6) is 0 Å². The van der Waals surface area contributed by atoms with Crippen molar-refractivity contribution in [3.8, 4) is 0 Å². The normalized spacial score (nSPS) is 19.5. The lowest BCUT2D eigenvalue weighted by Gasteiger charge is -2.31. The number of aromatic nitrogens is 2. The fraction of sp³-hybridized carbons (Fsp3) is 0.667. The van der Waals surface area contributed by atoms with E-state index in [0.717, 1.165) is 18.8 Å². The Balaban J connectivity index is 2.20. The molecule has 1 aliphatic heterocycles. The van der Waals surface area contributed by atoms with Gasteiger partial charge in [0, 0.05) is 24.7 Å². The highest BCUT2D eigenvalue weighted by atomic mass is 35.5. The zero-order chi connectivity index (χ0) is 13.1. The number of halogens is 2. The van der Waals surface area contributed by atoms with E-state index < -0.39 is 0 Å². The topological polar surface area (TPSA) is 41.0 Å². The van der Waals surface area contributed by atoms with Crippen LogP contribution in [0, 0.1) is 0 Å². The monoisotopic (exact) mass is 288 g/mol. The van der Waals surface area contributed by atoms with Crippen LogP contribution in [0.3, 0.4) is 0 Å². The minimum absolute atomic E-state index is 0.338. The number of nitrogens with zero attached hydrogens (tertiary/aromatic N) is 3. The Morgan fingerprint density at radius 2 is 2.22 bits per heavy atom. The van der Waals surface area contributed by atoms with Gasteiger partial charge in [-0.05, 0) is 33.2 Å². The van der Waals surface area contributed by atoms with E-state index in [1.165, 1.54) is 12.8 Å². The minimum atomic E-state index is 0.338. The lowest BCUT2D eigenvalue weighted by molar-refractivity contribution is 0.552. The SMILES string of the molecule is CC(C)N(CC1CCCN1)c1cc(Cl)nnc1Cl. The first-order valence-electron chi connectivity index (χ1n) is 6.26. The molecular weight excluding hydrogens is 271 g/mol. The quantitative estimate of drug-likeness (QED) is 0.925. The van der Waals surface area contributed by atoms with E-state index in [-0.39, 0.29) is 0 Å². The van der Waals surface area contributed by atoms with Crippen molar-refractivity contribution < 1.29 is 0 Å². The van der Waals surface area contributed by atoms with Gasteiger partial charge in [-0.25, -0.2) is 0 Å². The first kappa shape index (κ1) is 13.8. The maximum absolute atomic E-state index is 6.13. The van der Waals surface area contributed by atoms with Gasteiger partial charge in [-0.15, -0.1) is 10.2 Å². The van der Waals surface area contributed by atoms with Gasteiger partial charge in [0.25, 0.3) is 0 Å². The van der Waals surface area contributed by atoms with Crippen molar-refractivity contribution >= 4 is 28.9 Å². The lowest BCUT2D eigenvalue weighted by Crippen LogP contribution is -2.41. The van der Waals surface area contributed by atoms with Gasteiger partial charge < -0.3 is 10.2 Å². The molecule has 1 N–H and O–H groups in total. The lowest BCUT2D eigenvalue weighted by atomic mass is 10.2. The zero-order valence-electron chi connectivity index (χ0n) is 10.7. The highest BCUT2D eigenvalue weighted by molar-refractivity contribution is 6.33. The summed E-state index contributed by atoms with van der Waals surface area (Å²) in [7, 11) is 0. The van der Waals surface area contributed by atoms with Crippen molar-refractivity contribution in [3.63, 3.8) is 0 Å². The molecule has 1 aliphatic rings. The zero-order valence-corrected chi connectivity index (χ0v) is 12.2. The second-order valence-electron chi connectivity index (χ2n) is 4.88. The number of hydrogen-bond acceptors (Lipinski definition) is 4. The molecule has 0 aromatic carbocycles. The average molecular weight is 289 g/mol. The van der Waals surface area contributed by atoms with Crippen molar-refractivity contribution in [1.82, 2.24) is 15.5 Å². The van der Waals surface area contributed by atoms with Crippen molar-refractivity contribution in [2.24, 2.45) is 0 Å². The average Bonchev–Trinajstić information content (AvgIpc) is 2.82. The predicted molar refractivity (Wildman–Crippen MR) is 75.6 cm³/mol. The molecule has 0 saturated carbocycles. The van der Waals surface area contributed by atoms with Gasteiger partial charge in [0.1, 0.15) is 0 Å². The molecular formula is C12H18Cl2N4. The standard InChI is InChI=1S/C12H18Cl2N4/c1-8(2)18(7-9-4-3-5-15-9)10-6-11(13)16-17-12(10)14/h6,8-9,15H,3-5,7H2,1-2H3. The number of nitrogens with one attached hydrogen (secondary N) is 1. The van der Waals surface area contributed by atoms with Crippen LogP contribution in [0.4, 0.5) is 5.69 Å². The van der Waals surface area contributed by atoms with Crippen molar-refractivity contribution in [3.05, 3.63) is 16.4 Å². The number of hydrogen-bond donors (Lipinski definition) is 1. The van der Waals surface area contributed by atoms with Gasteiger partial charge in [-0.1, -0.05) is 23.2 Å². The highest BCUT2D eigenvalue weighted by Crippen LogP contribution is 2.27. The van der Waals surface area contributed by atoms with E-state index in [4.69, 9.17) is 23.2 Å². The summed E-state index contributed by atoms with van der Waals surface area (Å²) in [6.07, 6.45) is 2.44. The first-order valence-corrected chi connectivity index (χ1v) is 7.02. The van der Waals surface area contributed by atoms with E-state index in [2.05, 4.69) is 34.3 Å². The Morgan fingerprint density at radius 1 is 1.44 bits per heavy atom. The molecule has 0 bridgehead atoms. The minimum Gasteiger partial charge on any atom is -0.365 e. The highest BCUT2D eigenvalue weighted by Gasteiger charge is 2.22. The molecule has 1 unspecified atom stereocenters. The Morgan fingerprint density at radius 3 is 2.83 bits per heavy atom. The molecule has 0 amide bonds. The first-order chi connectivity index (χ1) is 8.58. The molecule has 0 radical (unpaired) electrons. The van der Waals surface area contributed by atoms with Gasteiger partial charge in [0.15, 0.2) is 10.3 Å². The summed E-state index contributed by atoms with van der Waals surface area (Å²) in [5, 5.41) is 11.9. The fourth-order valence-electron chi connectivity index (χ4n) is 2.28. The summed E-state index contributed by atoms with van der Waals surface area (Å²) in [5.74, 6) is 0. The van der Waals surface area contributed by atoms with Crippen LogP contribution in [0.2, 0.25) is 10.3 Å². The summed E-state index contributed by atoms with van der Waals surface area (Å²) >= 11 is 12.0. The summed E-state index contributed by atoms with van der Waals surface area (Å²) in [4.78, 5) is 2.23. The van der Waals surface area contributed by atoms with E-state index in [0.29, 0.717) is 22.4 Å². The van der Waals surface area contributed by atoms with Crippen molar-refractivity contribution in [1.29, 1.82) is 0 Å². The van der Waals surface area contributed by atoms with Crippen LogP contribution in [0.1, 0.15) is 26.7 Å². The molecule has 4 nitrogen and oxygen atoms in total. The molecule has 2 rings (SSSR count). The second-order valence-corrected chi connectivity index (χ2v) is 5.63. The molecule has 1 aromatic heterocycles. The molecule has 1 fully saturated rings. The molecule has 6 heteroatoms. The third-order valence-corrected chi connectivity index (χ3v) is 3.67. The largest absolute Gasteiger partial charge is 0.365 e. The van der Waals surface area contributed by atoms with E-state index in [9.17, 15) is 0 Å². The molecule has 2 heterocycles. The number of rotatable bonds is 4. The van der Waals surface area contributed by atoms with Crippen LogP contribution < -0.4 is 10.2 Å². The Kier molecular flexibility index (Phi) is 4.65. The van der Waals surface area contributed by atoms with Crippen LogP contribution in [0.15, 0.2) is 6.07 Å². The molecule has 1 atom stereocenters. The third-order valence-electron chi connectivity index (χ3n) is 3.21. The molecule has 0 aliphatic carbocycles. The third kappa shape index (κ3) is 3.25. The summed E-state index contributed by atoms with van der Waals surface area (Å²) < 4.78 is 0. The van der Waals surface area contributed by atoms with Crippen molar-refractivity contribution in [2.45, 2.75) is 38.8 Å². The molecule has 1 aromatic rings. The summed E-state index contributed by atoms with van der Waals surface area (Å²) in [6.45, 7) is 6.29. The number of anilines is 1. The van der Waals surface area contributed by atoms with Crippen molar-refractivity contribution in [2.75, 3.05) is 18.0 Å². The predicted octanol–water partition coefficient (Wildman–Crippen LogP) is 2.75. The van der Waals surface area contributed by atoms with Crippen LogP contribution in [0.25, 0.3) is 0 Å².